The summed E-state index contributed by atoms with van der Waals surface area (Å²) in [6, 6.07) is 22.6. The third kappa shape index (κ3) is 31.2. The highest BCUT2D eigenvalue weighted by molar-refractivity contribution is 8.00. The molecule has 7 rings (SSSR count). The van der Waals surface area contributed by atoms with Crippen molar-refractivity contribution in [1.29, 1.82) is 0 Å². The maximum atomic E-state index is 15.5. The maximum Gasteiger partial charge on any atom is 0.303 e. The lowest BCUT2D eigenvalue weighted by Gasteiger charge is -2.37. The quantitative estimate of drug-likeness (QED) is 0.0369. The lowest BCUT2D eigenvalue weighted by molar-refractivity contribution is -0.151. The van der Waals surface area contributed by atoms with Gasteiger partial charge in [-0.1, -0.05) is 181 Å². The third-order valence-electron chi connectivity index (χ3n) is 21.7. The number of primary amides is 2. The van der Waals surface area contributed by atoms with Crippen molar-refractivity contribution in [1.82, 2.24) is 77.3 Å². The van der Waals surface area contributed by atoms with Gasteiger partial charge in [0.1, 0.15) is 66.5 Å². The Morgan fingerprint density at radius 3 is 1.51 bits per heavy atom. The number of hydrogen-bond donors (Lipinski definition) is 14. The minimum atomic E-state index is -1.80. The number of carbonyl (C=O) groups excluding carboxylic acids is 16. The van der Waals surface area contributed by atoms with E-state index in [1.807, 2.05) is 6.92 Å². The Bertz CT molecular complexity index is 4830. The van der Waals surface area contributed by atoms with E-state index in [1.54, 1.807) is 173 Å². The molecule has 5 aromatic carbocycles. The molecule has 684 valence electrons. The summed E-state index contributed by atoms with van der Waals surface area (Å²) in [5.41, 5.74) is 21.2. The van der Waals surface area contributed by atoms with Crippen LogP contribution in [-0.2, 0) is 120 Å². The smallest absolute Gasteiger partial charge is 0.303 e. The molecule has 0 radical (unpaired) electrons. The molecule has 0 aliphatic carbocycles. The Morgan fingerprint density at radius 2 is 0.953 bits per heavy atom. The highest BCUT2D eigenvalue weighted by Crippen LogP contribution is 2.24. The van der Waals surface area contributed by atoms with E-state index in [-0.39, 0.29) is 63.2 Å². The normalized spacial score (nSPS) is 22.1. The number of amides is 16. The Labute approximate surface area is 742 Å². The number of aromatic amines is 1. The van der Waals surface area contributed by atoms with Gasteiger partial charge < -0.3 is 99.6 Å². The number of nitrogens with one attached hydrogen (secondary N) is 10. The Hall–Kier alpha value is -13.1. The van der Waals surface area contributed by atoms with Gasteiger partial charge in [0.15, 0.2) is 0 Å². The van der Waals surface area contributed by atoms with Crippen molar-refractivity contribution in [2.75, 3.05) is 66.4 Å². The molecule has 36 nitrogen and oxygen atoms in total. The van der Waals surface area contributed by atoms with Crippen LogP contribution in [0.25, 0.3) is 10.9 Å². The summed E-state index contributed by atoms with van der Waals surface area (Å²) in [6.45, 7) is 6.31. The van der Waals surface area contributed by atoms with Gasteiger partial charge in [-0.05, 0) is 70.5 Å². The molecule has 0 saturated carbocycles. The summed E-state index contributed by atoms with van der Waals surface area (Å²) >= 11 is 0.835. The Morgan fingerprint density at radius 1 is 0.472 bits per heavy atom. The van der Waals surface area contributed by atoms with Crippen molar-refractivity contribution in [2.24, 2.45) is 29.0 Å². The van der Waals surface area contributed by atoms with E-state index < -0.39 is 218 Å². The second-order valence-corrected chi connectivity index (χ2v) is 33.6. The second kappa shape index (κ2) is 49.6. The highest BCUT2D eigenvalue weighted by Gasteiger charge is 2.42. The van der Waals surface area contributed by atoms with Gasteiger partial charge in [0.05, 0.1) is 31.8 Å². The maximum absolute atomic E-state index is 15.5. The van der Waals surface area contributed by atoms with Gasteiger partial charge in [-0.2, -0.15) is 0 Å². The van der Waals surface area contributed by atoms with Crippen molar-refractivity contribution in [3.8, 4) is 0 Å². The molecule has 16 amide bonds. The molecule has 1 aromatic heterocycles. The number of H-pyrrole nitrogens is 1. The number of unbranched alkanes of at least 4 members (excludes halogenated alkanes) is 1. The number of aliphatic carboxylic acids is 1. The van der Waals surface area contributed by atoms with Gasteiger partial charge in [-0.3, -0.25) is 81.5 Å². The fourth-order valence-electron chi connectivity index (χ4n) is 14.6. The number of thioether (sulfide) groups is 1. The van der Waals surface area contributed by atoms with Gasteiger partial charge in [-0.25, -0.2) is 0 Å². The van der Waals surface area contributed by atoms with E-state index in [2.05, 4.69) is 52.8 Å². The number of carbonyl (C=O) groups is 17. The van der Waals surface area contributed by atoms with Crippen molar-refractivity contribution >= 4 is 123 Å². The number of benzene rings is 5. The number of nitrogens with zero attached hydrogens (tertiary/aromatic N) is 5. The molecule has 1 fully saturated rings. The molecular weight excluding hydrogens is 1650 g/mol. The SMILES string of the molecule is CCCC[C@H]1C(=O)N(C)CC(=O)N[C@@H](CC(N)=O)C(=O)N[C@@H](C(C)C)C(=O)N(C)[C@@H](Cc2ccccc2)C(=O)N[C@@H](CCC(=O)O)C(=O)N(C)CC(=O)N[C@@H](Cc2c[nH]c3ccccc23)C(=O)N[C@@H](Cc2ccc(CN)cc2)C(=O)N[C@@H](CC(C)C)C(=O)N[C@H](C(=O)NCC(N)=O)CSCC(=O)N[C@@H](Cc2ccccc2)C(=O)N(C)[C@@H](Cc2ccccc2)C(=O)N1C. The number of para-hydroxylation sites is 1. The van der Waals surface area contributed by atoms with Crippen LogP contribution in [0.2, 0.25) is 0 Å². The van der Waals surface area contributed by atoms with E-state index in [9.17, 15) is 57.8 Å². The molecule has 0 bridgehead atoms. The molecule has 1 aliphatic heterocycles. The molecule has 2 heterocycles. The van der Waals surface area contributed by atoms with E-state index in [0.29, 0.717) is 57.1 Å². The summed E-state index contributed by atoms with van der Waals surface area (Å²) in [5, 5.41) is 34.5. The fourth-order valence-corrected chi connectivity index (χ4v) is 15.5. The van der Waals surface area contributed by atoms with Crippen LogP contribution in [0.4, 0.5) is 0 Å². The molecule has 1 saturated heterocycles. The largest absolute Gasteiger partial charge is 0.481 e. The van der Waals surface area contributed by atoms with Crippen LogP contribution in [0.15, 0.2) is 146 Å². The number of likely N-dealkylation sites (N-methyl/N-ethyl adjacent to an activating group) is 5. The summed E-state index contributed by atoms with van der Waals surface area (Å²) in [6.07, 6.45) is -0.627. The molecule has 6 aromatic rings. The van der Waals surface area contributed by atoms with Crippen LogP contribution < -0.4 is 65.1 Å². The van der Waals surface area contributed by atoms with Gasteiger partial charge >= 0.3 is 5.97 Å². The zero-order chi connectivity index (χ0) is 93.3. The van der Waals surface area contributed by atoms with Crippen molar-refractivity contribution in [3.05, 3.63) is 179 Å². The molecule has 0 unspecified atom stereocenters. The molecular formula is C90H120N18O18S. The molecule has 127 heavy (non-hydrogen) atoms. The van der Waals surface area contributed by atoms with E-state index in [1.165, 1.54) is 45.0 Å². The minimum absolute atomic E-state index is 0.0406. The van der Waals surface area contributed by atoms with Crippen molar-refractivity contribution in [2.45, 2.75) is 185 Å². The first-order chi connectivity index (χ1) is 60.4. The average Bonchev–Trinajstić information content (AvgIpc) is 0.961. The van der Waals surface area contributed by atoms with E-state index in [4.69, 9.17) is 17.2 Å². The first-order valence-electron chi connectivity index (χ1n) is 42.1. The molecule has 37 heteroatoms. The topological polar surface area (TPSA) is 529 Å². The van der Waals surface area contributed by atoms with Crippen LogP contribution >= 0.6 is 11.8 Å². The van der Waals surface area contributed by atoms with Gasteiger partial charge in [0.25, 0.3) is 0 Å². The predicted octanol–water partition coefficient (Wildman–Crippen LogP) is 0.397. The van der Waals surface area contributed by atoms with Crippen LogP contribution in [0.3, 0.4) is 0 Å². The molecule has 11 atom stereocenters. The Kier molecular flexibility index (Phi) is 39.4. The lowest BCUT2D eigenvalue weighted by Crippen LogP contribution is -2.61. The molecule has 1 aliphatic rings. The zero-order valence-electron chi connectivity index (χ0n) is 73.4. The molecule has 0 spiro atoms. The second-order valence-electron chi connectivity index (χ2n) is 32.6. The predicted molar refractivity (Wildman–Crippen MR) is 475 cm³/mol. The summed E-state index contributed by atoms with van der Waals surface area (Å²) in [7, 11) is 6.46. The van der Waals surface area contributed by atoms with Crippen LogP contribution in [0.5, 0.6) is 0 Å². The van der Waals surface area contributed by atoms with Gasteiger partial charge in [0, 0.05) is 103 Å². The number of aromatic nitrogens is 1. The fraction of sp³-hybridized carbons (Fsp3) is 0.456. The van der Waals surface area contributed by atoms with E-state index >= 15 is 28.8 Å². The summed E-state index contributed by atoms with van der Waals surface area (Å²) < 4.78 is 0. The summed E-state index contributed by atoms with van der Waals surface area (Å²) in [4.78, 5) is 255. The standard InChI is InChI=1S/C90H120N18O18S/c1-11-12-32-70-88(124)105(7)50-76(112)97-67(45-73(92)109)84(120)103-79(54(4)5)90(126)107(9)71(42-56-26-18-14-19-27-56)85(121)99-63(37-38-78(114)115)86(122)104(6)49-75(111)96-66(44-60-47-94-62-31-23-22-30-61(60)62)83(119)101-65(40-58-33-35-59(46-91)36-34-58)82(118)100-64(39-53(2)3)81(117)102-69(80(116)95-48-74(93)110)51-127-52-77(113)98-68(41-55-24-16-13-17-25-55)87(123)108(10)72(89(125)106(70)8)43-57-28-20-15-21-29-57/h13-31,33-36,47,53-54,63-72,79,94H,11-12,32,37-46,48-52,91H2,1-10H3,(H2,92,109)(H2,93,110)(H,95,116)(H,96,111)(H,97,112)(H,98,113)(H,99,121)(H,100,118)(H,101,119)(H,102,117)(H,103,120)(H,114,115)/t63-,64-,65-,66-,67-,68-,69-,70-,71-,72-,79-/m0/s1. The summed E-state index contributed by atoms with van der Waals surface area (Å²) in [5.74, 6) is -18.1. The van der Waals surface area contributed by atoms with Crippen LogP contribution in [-0.4, -0.2) is 268 Å². The lowest BCUT2D eigenvalue weighted by atomic mass is 9.98. The Balaban J connectivity index is 1.33. The number of fused-ring (bicyclic) bond motifs is 1. The van der Waals surface area contributed by atoms with Crippen LogP contribution in [0, 0.1) is 11.8 Å². The number of rotatable bonds is 25. The zero-order valence-corrected chi connectivity index (χ0v) is 74.2. The first-order valence-corrected chi connectivity index (χ1v) is 43.3. The third-order valence-corrected chi connectivity index (χ3v) is 22.7. The number of hydrogen-bond acceptors (Lipinski definition) is 19. The molecule has 17 N–H and O–H groups in total. The average molecular weight is 1770 g/mol. The number of nitrogens with two attached hydrogens (primary N) is 3. The number of carboxylic acids is 1. The monoisotopic (exact) mass is 1770 g/mol. The van der Waals surface area contributed by atoms with Crippen molar-refractivity contribution < 1.29 is 86.6 Å². The first kappa shape index (κ1) is 101. The minimum Gasteiger partial charge on any atom is -0.481 e. The van der Waals surface area contributed by atoms with Crippen molar-refractivity contribution in [3.63, 3.8) is 0 Å². The van der Waals surface area contributed by atoms with E-state index in [0.717, 1.165) is 26.5 Å². The van der Waals surface area contributed by atoms with Gasteiger partial charge in [0.2, 0.25) is 94.5 Å². The van der Waals surface area contributed by atoms with Gasteiger partial charge in [-0.15, -0.1) is 11.8 Å². The highest BCUT2D eigenvalue weighted by atomic mass is 32.2. The number of carboxylic acid groups (broad SMARTS) is 1. The van der Waals surface area contributed by atoms with Crippen LogP contribution in [0.1, 0.15) is 113 Å².